The molecular weight excluding hydrogens is 222 g/mol. The van der Waals surface area contributed by atoms with E-state index in [9.17, 15) is 4.79 Å². The Balaban J connectivity index is 2.14. The van der Waals surface area contributed by atoms with E-state index in [-0.39, 0.29) is 0 Å². The third kappa shape index (κ3) is 2.38. The molecule has 0 aliphatic heterocycles. The first-order valence-electron chi connectivity index (χ1n) is 4.74. The third-order valence-corrected chi connectivity index (χ3v) is 3.01. The van der Waals surface area contributed by atoms with Gasteiger partial charge in [-0.05, 0) is 17.7 Å². The molecule has 1 aromatic heterocycles. The molecule has 1 amide bonds. The SMILES string of the molecule is NC(=O)c1ccc(Cc2cnc(N)s2)cc1. The van der Waals surface area contributed by atoms with Gasteiger partial charge in [0, 0.05) is 23.1 Å². The fraction of sp³-hybridized carbons (Fsp3) is 0.0909. The number of nitrogens with zero attached hydrogens (tertiary/aromatic N) is 1. The number of benzene rings is 1. The maximum absolute atomic E-state index is 10.9. The van der Waals surface area contributed by atoms with Gasteiger partial charge in [-0.25, -0.2) is 4.98 Å². The highest BCUT2D eigenvalue weighted by Gasteiger charge is 2.02. The smallest absolute Gasteiger partial charge is 0.248 e. The van der Waals surface area contributed by atoms with E-state index in [4.69, 9.17) is 11.5 Å². The number of anilines is 1. The van der Waals surface area contributed by atoms with E-state index in [2.05, 4.69) is 4.98 Å². The molecule has 0 fully saturated rings. The van der Waals surface area contributed by atoms with Crippen molar-refractivity contribution >= 4 is 22.4 Å². The number of nitrogens with two attached hydrogens (primary N) is 2. The Labute approximate surface area is 96.9 Å². The number of hydrogen-bond donors (Lipinski definition) is 2. The van der Waals surface area contributed by atoms with Crippen molar-refractivity contribution in [3.05, 3.63) is 46.5 Å². The molecule has 0 bridgehead atoms. The van der Waals surface area contributed by atoms with Crippen molar-refractivity contribution in [2.45, 2.75) is 6.42 Å². The minimum atomic E-state index is -0.409. The lowest BCUT2D eigenvalue weighted by Crippen LogP contribution is -2.10. The van der Waals surface area contributed by atoms with E-state index < -0.39 is 5.91 Å². The molecular formula is C11H11N3OS. The number of rotatable bonds is 3. The quantitative estimate of drug-likeness (QED) is 0.841. The van der Waals surface area contributed by atoms with Gasteiger partial charge in [-0.15, -0.1) is 11.3 Å². The molecule has 5 heteroatoms. The zero-order chi connectivity index (χ0) is 11.5. The zero-order valence-corrected chi connectivity index (χ0v) is 9.33. The van der Waals surface area contributed by atoms with Crippen molar-refractivity contribution in [1.82, 2.24) is 4.98 Å². The first kappa shape index (κ1) is 10.6. The van der Waals surface area contributed by atoms with Gasteiger partial charge in [0.2, 0.25) is 5.91 Å². The third-order valence-electron chi connectivity index (χ3n) is 2.19. The van der Waals surface area contributed by atoms with Crippen LogP contribution in [0.25, 0.3) is 0 Å². The molecule has 4 N–H and O–H groups in total. The number of carbonyl (C=O) groups is 1. The molecule has 2 rings (SSSR count). The highest BCUT2D eigenvalue weighted by Crippen LogP contribution is 2.18. The second kappa shape index (κ2) is 4.32. The Kier molecular flexibility index (Phi) is 2.87. The summed E-state index contributed by atoms with van der Waals surface area (Å²) in [5.74, 6) is -0.409. The van der Waals surface area contributed by atoms with Crippen LogP contribution in [-0.2, 0) is 6.42 Å². The minimum Gasteiger partial charge on any atom is -0.375 e. The molecule has 1 heterocycles. The number of primary amides is 1. The Morgan fingerprint density at radius 2 is 2.00 bits per heavy atom. The normalized spacial score (nSPS) is 10.2. The fourth-order valence-corrected chi connectivity index (χ4v) is 2.11. The van der Waals surface area contributed by atoms with E-state index in [1.54, 1.807) is 18.3 Å². The van der Waals surface area contributed by atoms with Gasteiger partial charge in [0.15, 0.2) is 5.13 Å². The number of amides is 1. The molecule has 16 heavy (non-hydrogen) atoms. The monoisotopic (exact) mass is 233 g/mol. The van der Waals surface area contributed by atoms with E-state index in [1.165, 1.54) is 11.3 Å². The van der Waals surface area contributed by atoms with Crippen LogP contribution in [0.3, 0.4) is 0 Å². The first-order chi connectivity index (χ1) is 7.65. The Morgan fingerprint density at radius 3 is 2.50 bits per heavy atom. The van der Waals surface area contributed by atoms with E-state index >= 15 is 0 Å². The van der Waals surface area contributed by atoms with Crippen LogP contribution < -0.4 is 11.5 Å². The topological polar surface area (TPSA) is 82.0 Å². The van der Waals surface area contributed by atoms with Crippen LogP contribution in [0, 0.1) is 0 Å². The number of aromatic nitrogens is 1. The summed E-state index contributed by atoms with van der Waals surface area (Å²) in [6.07, 6.45) is 2.54. The molecule has 0 aliphatic rings. The maximum Gasteiger partial charge on any atom is 0.248 e. The summed E-state index contributed by atoms with van der Waals surface area (Å²) in [4.78, 5) is 16.0. The Hall–Kier alpha value is -1.88. The van der Waals surface area contributed by atoms with Gasteiger partial charge in [-0.3, -0.25) is 4.79 Å². The molecule has 4 nitrogen and oxygen atoms in total. The highest BCUT2D eigenvalue weighted by molar-refractivity contribution is 7.15. The molecule has 0 saturated carbocycles. The molecule has 1 aromatic carbocycles. The summed E-state index contributed by atoms with van der Waals surface area (Å²) in [6, 6.07) is 7.22. The van der Waals surface area contributed by atoms with Crippen LogP contribution >= 0.6 is 11.3 Å². The predicted molar refractivity (Wildman–Crippen MR) is 64.3 cm³/mol. The highest BCUT2D eigenvalue weighted by atomic mass is 32.1. The lowest BCUT2D eigenvalue weighted by atomic mass is 10.1. The average Bonchev–Trinajstić information content (AvgIpc) is 2.65. The maximum atomic E-state index is 10.9. The first-order valence-corrected chi connectivity index (χ1v) is 5.56. The average molecular weight is 233 g/mol. The summed E-state index contributed by atoms with van der Waals surface area (Å²) in [5, 5.41) is 0.573. The molecule has 0 radical (unpaired) electrons. The fourth-order valence-electron chi connectivity index (χ4n) is 1.39. The van der Waals surface area contributed by atoms with Crippen molar-refractivity contribution in [2.24, 2.45) is 5.73 Å². The molecule has 0 atom stereocenters. The molecule has 0 aliphatic carbocycles. The van der Waals surface area contributed by atoms with Gasteiger partial charge in [0.05, 0.1) is 0 Å². The van der Waals surface area contributed by atoms with Crippen LogP contribution in [0.2, 0.25) is 0 Å². The molecule has 0 saturated heterocycles. The van der Waals surface area contributed by atoms with Crippen molar-refractivity contribution < 1.29 is 4.79 Å². The van der Waals surface area contributed by atoms with Crippen molar-refractivity contribution in [3.8, 4) is 0 Å². The van der Waals surface area contributed by atoms with Crippen molar-refractivity contribution in [3.63, 3.8) is 0 Å². The van der Waals surface area contributed by atoms with Gasteiger partial charge in [0.1, 0.15) is 0 Å². The van der Waals surface area contributed by atoms with Crippen molar-refractivity contribution in [1.29, 1.82) is 0 Å². The minimum absolute atomic E-state index is 0.409. The molecule has 0 unspecified atom stereocenters. The number of nitrogen functional groups attached to an aromatic ring is 1. The van der Waals surface area contributed by atoms with Crippen LogP contribution in [0.15, 0.2) is 30.5 Å². The van der Waals surface area contributed by atoms with Crippen molar-refractivity contribution in [2.75, 3.05) is 5.73 Å². The van der Waals surface area contributed by atoms with Gasteiger partial charge in [0.25, 0.3) is 0 Å². The van der Waals surface area contributed by atoms with Gasteiger partial charge in [-0.2, -0.15) is 0 Å². The Morgan fingerprint density at radius 1 is 1.31 bits per heavy atom. The number of thiazole rings is 1. The molecule has 0 spiro atoms. The second-order valence-electron chi connectivity index (χ2n) is 3.40. The van der Waals surface area contributed by atoms with E-state index in [0.29, 0.717) is 10.7 Å². The van der Waals surface area contributed by atoms with Gasteiger partial charge in [-0.1, -0.05) is 12.1 Å². The molecule has 2 aromatic rings. The summed E-state index contributed by atoms with van der Waals surface area (Å²) >= 11 is 1.47. The second-order valence-corrected chi connectivity index (χ2v) is 4.55. The number of hydrogen-bond acceptors (Lipinski definition) is 4. The van der Waals surface area contributed by atoms with E-state index in [0.717, 1.165) is 16.9 Å². The number of carbonyl (C=O) groups excluding carboxylic acids is 1. The van der Waals surface area contributed by atoms with Crippen LogP contribution in [0.1, 0.15) is 20.8 Å². The van der Waals surface area contributed by atoms with Gasteiger partial charge < -0.3 is 11.5 Å². The van der Waals surface area contributed by atoms with Crippen LogP contribution in [0.4, 0.5) is 5.13 Å². The lowest BCUT2D eigenvalue weighted by Gasteiger charge is -1.99. The summed E-state index contributed by atoms with van der Waals surface area (Å²) in [5.41, 5.74) is 12.3. The largest absolute Gasteiger partial charge is 0.375 e. The summed E-state index contributed by atoms with van der Waals surface area (Å²) < 4.78 is 0. The predicted octanol–water partition coefficient (Wildman–Crippen LogP) is 1.42. The van der Waals surface area contributed by atoms with Gasteiger partial charge >= 0.3 is 0 Å². The summed E-state index contributed by atoms with van der Waals surface area (Å²) in [6.45, 7) is 0. The zero-order valence-electron chi connectivity index (χ0n) is 8.51. The summed E-state index contributed by atoms with van der Waals surface area (Å²) in [7, 11) is 0. The Bertz CT molecular complexity index is 504. The van der Waals surface area contributed by atoms with Crippen LogP contribution in [0.5, 0.6) is 0 Å². The lowest BCUT2D eigenvalue weighted by molar-refractivity contribution is 0.100. The molecule has 82 valence electrons. The standard InChI is InChI=1S/C11H11N3OS/c12-10(15)8-3-1-7(2-4-8)5-9-6-14-11(13)16-9/h1-4,6H,5H2,(H2,12,15)(H2,13,14). The van der Waals surface area contributed by atoms with Crippen LogP contribution in [-0.4, -0.2) is 10.9 Å². The van der Waals surface area contributed by atoms with E-state index in [1.807, 2.05) is 12.1 Å².